The largest absolute Gasteiger partial charge is 0.207 e. The zero-order chi connectivity index (χ0) is 11.5. The van der Waals surface area contributed by atoms with Gasteiger partial charge in [0.05, 0.1) is 0 Å². The van der Waals surface area contributed by atoms with Gasteiger partial charge >= 0.3 is 0 Å². The molecule has 0 aliphatic carbocycles. The van der Waals surface area contributed by atoms with Crippen LogP contribution in [0, 0.1) is 11.2 Å². The Bertz CT molecular complexity index is 297. The highest BCUT2D eigenvalue weighted by Crippen LogP contribution is 2.26. The zero-order valence-electron chi connectivity index (χ0n) is 9.56. The smallest absolute Gasteiger partial charge is 0.123 e. The van der Waals surface area contributed by atoms with Crippen LogP contribution in [0.4, 0.5) is 4.39 Å². The van der Waals surface area contributed by atoms with Crippen LogP contribution in [0.3, 0.4) is 0 Å². The van der Waals surface area contributed by atoms with Crippen LogP contribution in [-0.4, -0.2) is 4.83 Å². The number of rotatable bonds is 3. The highest BCUT2D eigenvalue weighted by atomic mass is 79.9. The van der Waals surface area contributed by atoms with Gasteiger partial charge in [0.1, 0.15) is 5.82 Å². The molecule has 0 fully saturated rings. The molecule has 0 amide bonds. The Kier molecular flexibility index (Phi) is 4.32. The van der Waals surface area contributed by atoms with Gasteiger partial charge in [0.15, 0.2) is 0 Å². The van der Waals surface area contributed by atoms with E-state index in [-0.39, 0.29) is 5.82 Å². The standard InChI is InChI=1S/C13H18BrF/c1-13(2,3)9-11(14)8-10-4-6-12(15)7-5-10/h4-7,11H,8-9H2,1-3H3. The summed E-state index contributed by atoms with van der Waals surface area (Å²) in [4.78, 5) is 0.461. The van der Waals surface area contributed by atoms with E-state index in [1.165, 1.54) is 17.7 Å². The molecule has 15 heavy (non-hydrogen) atoms. The molecule has 1 aromatic carbocycles. The average molecular weight is 273 g/mol. The topological polar surface area (TPSA) is 0 Å². The minimum atomic E-state index is -0.166. The first kappa shape index (κ1) is 12.7. The predicted molar refractivity (Wildman–Crippen MR) is 66.9 cm³/mol. The second-order valence-corrected chi connectivity index (χ2v) is 6.49. The van der Waals surface area contributed by atoms with Crippen molar-refractivity contribution in [2.45, 2.75) is 38.4 Å². The molecular formula is C13H18BrF. The first-order valence-electron chi connectivity index (χ1n) is 5.25. The highest BCUT2D eigenvalue weighted by molar-refractivity contribution is 9.09. The van der Waals surface area contributed by atoms with Crippen LogP contribution in [0.2, 0.25) is 0 Å². The van der Waals surface area contributed by atoms with Gasteiger partial charge in [-0.1, -0.05) is 48.8 Å². The van der Waals surface area contributed by atoms with E-state index in [1.54, 1.807) is 0 Å². The molecule has 2 heteroatoms. The average Bonchev–Trinajstić information content (AvgIpc) is 2.05. The Morgan fingerprint density at radius 2 is 1.73 bits per heavy atom. The third-order valence-corrected chi connectivity index (χ3v) is 2.85. The molecule has 1 unspecified atom stereocenters. The summed E-state index contributed by atoms with van der Waals surface area (Å²) in [6.07, 6.45) is 2.07. The molecule has 0 heterocycles. The molecule has 1 aromatic rings. The van der Waals surface area contributed by atoms with Gasteiger partial charge in [-0.25, -0.2) is 4.39 Å². The molecule has 0 N–H and O–H groups in total. The van der Waals surface area contributed by atoms with Crippen molar-refractivity contribution in [1.29, 1.82) is 0 Å². The fraction of sp³-hybridized carbons (Fsp3) is 0.538. The van der Waals surface area contributed by atoms with Gasteiger partial charge in [0, 0.05) is 4.83 Å². The maximum absolute atomic E-state index is 12.7. The summed E-state index contributed by atoms with van der Waals surface area (Å²) in [6.45, 7) is 6.68. The fourth-order valence-electron chi connectivity index (χ4n) is 1.61. The number of halogens is 2. The van der Waals surface area contributed by atoms with E-state index < -0.39 is 0 Å². The van der Waals surface area contributed by atoms with Crippen molar-refractivity contribution in [1.82, 2.24) is 0 Å². The fourth-order valence-corrected chi connectivity index (χ4v) is 2.96. The lowest BCUT2D eigenvalue weighted by atomic mass is 9.89. The van der Waals surface area contributed by atoms with Gasteiger partial charge in [-0.2, -0.15) is 0 Å². The van der Waals surface area contributed by atoms with Crippen molar-refractivity contribution in [3.63, 3.8) is 0 Å². The molecule has 1 rings (SSSR count). The summed E-state index contributed by atoms with van der Waals surface area (Å²) >= 11 is 3.68. The van der Waals surface area contributed by atoms with Gasteiger partial charge in [-0.15, -0.1) is 0 Å². The maximum Gasteiger partial charge on any atom is 0.123 e. The molecule has 0 nitrogen and oxygen atoms in total. The Labute approximate surface area is 100 Å². The lowest BCUT2D eigenvalue weighted by molar-refractivity contribution is 0.373. The number of hydrogen-bond acceptors (Lipinski definition) is 0. The van der Waals surface area contributed by atoms with Gasteiger partial charge in [0.2, 0.25) is 0 Å². The third kappa shape index (κ3) is 5.31. The van der Waals surface area contributed by atoms with Crippen molar-refractivity contribution in [3.05, 3.63) is 35.6 Å². The van der Waals surface area contributed by atoms with E-state index in [0.29, 0.717) is 10.2 Å². The summed E-state index contributed by atoms with van der Waals surface area (Å²) in [6, 6.07) is 6.75. The van der Waals surface area contributed by atoms with Crippen molar-refractivity contribution in [2.24, 2.45) is 5.41 Å². The molecule has 0 aromatic heterocycles. The second-order valence-electron chi connectivity index (χ2n) is 5.19. The summed E-state index contributed by atoms with van der Waals surface area (Å²) in [5, 5.41) is 0. The van der Waals surface area contributed by atoms with E-state index in [2.05, 4.69) is 36.7 Å². The first-order chi connectivity index (χ1) is 6.87. The Balaban J connectivity index is 2.51. The highest BCUT2D eigenvalue weighted by Gasteiger charge is 2.16. The van der Waals surface area contributed by atoms with Crippen LogP contribution in [0.25, 0.3) is 0 Å². The number of alkyl halides is 1. The molecule has 0 saturated heterocycles. The lowest BCUT2D eigenvalue weighted by Crippen LogP contribution is -2.14. The maximum atomic E-state index is 12.7. The van der Waals surface area contributed by atoms with Gasteiger partial charge in [-0.05, 0) is 36.0 Å². The van der Waals surface area contributed by atoms with E-state index in [0.717, 1.165) is 12.8 Å². The van der Waals surface area contributed by atoms with Crippen molar-refractivity contribution in [3.8, 4) is 0 Å². The predicted octanol–water partition coefficient (Wildman–Crippen LogP) is 4.57. The molecule has 0 aliphatic heterocycles. The molecule has 0 aliphatic rings. The van der Waals surface area contributed by atoms with Crippen LogP contribution in [0.1, 0.15) is 32.8 Å². The van der Waals surface area contributed by atoms with Crippen molar-refractivity contribution < 1.29 is 4.39 Å². The SMILES string of the molecule is CC(C)(C)CC(Br)Cc1ccc(F)cc1. The molecule has 0 saturated carbocycles. The number of benzene rings is 1. The van der Waals surface area contributed by atoms with E-state index in [1.807, 2.05) is 12.1 Å². The third-order valence-electron chi connectivity index (χ3n) is 2.20. The molecule has 0 radical (unpaired) electrons. The van der Waals surface area contributed by atoms with Gasteiger partial charge in [-0.3, -0.25) is 0 Å². The summed E-state index contributed by atoms with van der Waals surface area (Å²) in [7, 11) is 0. The van der Waals surface area contributed by atoms with E-state index in [9.17, 15) is 4.39 Å². The minimum Gasteiger partial charge on any atom is -0.207 e. The lowest BCUT2D eigenvalue weighted by Gasteiger charge is -2.22. The van der Waals surface area contributed by atoms with Crippen LogP contribution in [-0.2, 0) is 6.42 Å². The molecule has 0 spiro atoms. The molecule has 1 atom stereocenters. The summed E-state index contributed by atoms with van der Waals surface area (Å²) < 4.78 is 12.7. The molecule has 0 bridgehead atoms. The molecule has 84 valence electrons. The summed E-state index contributed by atoms with van der Waals surface area (Å²) in [5.41, 5.74) is 1.51. The van der Waals surface area contributed by atoms with E-state index >= 15 is 0 Å². The van der Waals surface area contributed by atoms with Gasteiger partial charge in [0.25, 0.3) is 0 Å². The normalized spacial score (nSPS) is 13.9. The van der Waals surface area contributed by atoms with E-state index in [4.69, 9.17) is 0 Å². The Morgan fingerprint density at radius 3 is 2.20 bits per heavy atom. The second kappa shape index (κ2) is 5.11. The monoisotopic (exact) mass is 272 g/mol. The first-order valence-corrected chi connectivity index (χ1v) is 6.17. The zero-order valence-corrected chi connectivity index (χ0v) is 11.1. The van der Waals surface area contributed by atoms with Crippen LogP contribution in [0.15, 0.2) is 24.3 Å². The quantitative estimate of drug-likeness (QED) is 0.708. The van der Waals surface area contributed by atoms with Crippen LogP contribution in [0.5, 0.6) is 0 Å². The van der Waals surface area contributed by atoms with Crippen molar-refractivity contribution >= 4 is 15.9 Å². The minimum absolute atomic E-state index is 0.166. The van der Waals surface area contributed by atoms with Crippen molar-refractivity contribution in [2.75, 3.05) is 0 Å². The molecular weight excluding hydrogens is 255 g/mol. The number of hydrogen-bond donors (Lipinski definition) is 0. The summed E-state index contributed by atoms with van der Waals surface area (Å²) in [5.74, 6) is -0.166. The van der Waals surface area contributed by atoms with Crippen LogP contribution < -0.4 is 0 Å². The van der Waals surface area contributed by atoms with Gasteiger partial charge < -0.3 is 0 Å². The van der Waals surface area contributed by atoms with Crippen LogP contribution >= 0.6 is 15.9 Å². The Hall–Kier alpha value is -0.370. The Morgan fingerprint density at radius 1 is 1.20 bits per heavy atom.